The molecular weight excluding hydrogens is 224 g/mol. The van der Waals surface area contributed by atoms with Crippen molar-refractivity contribution in [2.45, 2.75) is 39.3 Å². The number of nitrogens with zero attached hydrogens (tertiary/aromatic N) is 2. The molecule has 1 heterocycles. The lowest BCUT2D eigenvalue weighted by Gasteiger charge is -2.10. The molecule has 2 rings (SSSR count). The summed E-state index contributed by atoms with van der Waals surface area (Å²) in [5, 5.41) is 14.6. The number of aliphatic hydroxyl groups excluding tert-OH is 1. The lowest BCUT2D eigenvalue weighted by molar-refractivity contribution is 0.220. The number of rotatable bonds is 5. The Balaban J connectivity index is 2.20. The zero-order chi connectivity index (χ0) is 13.0. The summed E-state index contributed by atoms with van der Waals surface area (Å²) >= 11 is 0. The molecule has 0 bridgehead atoms. The second-order valence-corrected chi connectivity index (χ2v) is 4.54. The van der Waals surface area contributed by atoms with E-state index in [2.05, 4.69) is 31.1 Å². The van der Waals surface area contributed by atoms with Gasteiger partial charge in [-0.3, -0.25) is 4.68 Å². The topological polar surface area (TPSA) is 38.0 Å². The number of aromatic nitrogens is 2. The van der Waals surface area contributed by atoms with E-state index >= 15 is 0 Å². The van der Waals surface area contributed by atoms with Crippen LogP contribution in [0.15, 0.2) is 36.7 Å². The fourth-order valence-corrected chi connectivity index (χ4v) is 2.05. The average molecular weight is 244 g/mol. The van der Waals surface area contributed by atoms with Gasteiger partial charge in [0.25, 0.3) is 0 Å². The molecule has 1 atom stereocenters. The van der Waals surface area contributed by atoms with Crippen molar-refractivity contribution in [2.75, 3.05) is 0 Å². The Hall–Kier alpha value is -1.61. The molecule has 0 spiro atoms. The molecule has 0 fully saturated rings. The van der Waals surface area contributed by atoms with Crippen LogP contribution in [0.2, 0.25) is 0 Å². The Kier molecular flexibility index (Phi) is 4.15. The van der Waals surface area contributed by atoms with E-state index < -0.39 is 6.10 Å². The van der Waals surface area contributed by atoms with Crippen molar-refractivity contribution in [2.24, 2.45) is 0 Å². The van der Waals surface area contributed by atoms with E-state index in [0.717, 1.165) is 30.5 Å². The average Bonchev–Trinajstić information content (AvgIpc) is 2.87. The van der Waals surface area contributed by atoms with Gasteiger partial charge in [0, 0.05) is 18.3 Å². The van der Waals surface area contributed by atoms with E-state index in [4.69, 9.17) is 0 Å². The molecule has 3 nitrogen and oxygen atoms in total. The first kappa shape index (κ1) is 12.8. The van der Waals surface area contributed by atoms with Crippen LogP contribution in [0.3, 0.4) is 0 Å². The van der Waals surface area contributed by atoms with Crippen LogP contribution in [0.4, 0.5) is 0 Å². The van der Waals surface area contributed by atoms with Gasteiger partial charge in [0.15, 0.2) is 0 Å². The highest BCUT2D eigenvalue weighted by atomic mass is 16.3. The van der Waals surface area contributed by atoms with Crippen molar-refractivity contribution in [3.63, 3.8) is 0 Å². The Bertz CT molecular complexity index is 505. The fraction of sp³-hybridized carbons (Fsp3) is 0.400. The lowest BCUT2D eigenvalue weighted by Crippen LogP contribution is -2.00. The third-order valence-corrected chi connectivity index (χ3v) is 3.10. The summed E-state index contributed by atoms with van der Waals surface area (Å²) in [6.45, 7) is 5.12. The van der Waals surface area contributed by atoms with Crippen molar-refractivity contribution in [3.05, 3.63) is 53.3 Å². The smallest absolute Gasteiger partial charge is 0.107 e. The van der Waals surface area contributed by atoms with Gasteiger partial charge >= 0.3 is 0 Å². The molecule has 0 aliphatic rings. The van der Waals surface area contributed by atoms with Crippen LogP contribution < -0.4 is 0 Å². The lowest BCUT2D eigenvalue weighted by atomic mass is 10.0. The van der Waals surface area contributed by atoms with E-state index in [1.165, 1.54) is 5.56 Å². The van der Waals surface area contributed by atoms with E-state index in [0.29, 0.717) is 0 Å². The maximum Gasteiger partial charge on any atom is 0.107 e. The Morgan fingerprint density at radius 1 is 1.28 bits per heavy atom. The molecular formula is C15H20N2O. The molecule has 0 aliphatic carbocycles. The van der Waals surface area contributed by atoms with Crippen molar-refractivity contribution in [1.82, 2.24) is 9.78 Å². The van der Waals surface area contributed by atoms with Crippen molar-refractivity contribution in [3.8, 4) is 0 Å². The molecule has 18 heavy (non-hydrogen) atoms. The summed E-state index contributed by atoms with van der Waals surface area (Å²) in [5.74, 6) is 0. The number of benzene rings is 1. The maximum absolute atomic E-state index is 10.3. The summed E-state index contributed by atoms with van der Waals surface area (Å²) in [4.78, 5) is 0. The predicted octanol–water partition coefficient (Wildman–Crippen LogP) is 2.94. The second kappa shape index (κ2) is 5.83. The first-order valence-electron chi connectivity index (χ1n) is 6.53. The monoisotopic (exact) mass is 244 g/mol. The standard InChI is InChI=1S/C15H20N2O/c1-3-8-17-11-14(10-16-17)15(18)13-7-5-6-12(4-2)9-13/h5-7,9-11,15,18H,3-4,8H2,1-2H3. The van der Waals surface area contributed by atoms with E-state index in [9.17, 15) is 5.11 Å². The molecule has 96 valence electrons. The van der Waals surface area contributed by atoms with Crippen LogP contribution in [0.1, 0.15) is 43.1 Å². The number of aliphatic hydroxyl groups is 1. The Morgan fingerprint density at radius 2 is 2.11 bits per heavy atom. The number of aryl methyl sites for hydroxylation is 2. The summed E-state index contributed by atoms with van der Waals surface area (Å²) in [5.41, 5.74) is 3.04. The van der Waals surface area contributed by atoms with Crippen LogP contribution in [-0.2, 0) is 13.0 Å². The number of hydrogen-bond donors (Lipinski definition) is 1. The van der Waals surface area contributed by atoms with Gasteiger partial charge in [0.05, 0.1) is 6.20 Å². The van der Waals surface area contributed by atoms with Crippen molar-refractivity contribution in [1.29, 1.82) is 0 Å². The van der Waals surface area contributed by atoms with E-state index in [-0.39, 0.29) is 0 Å². The van der Waals surface area contributed by atoms with Crippen LogP contribution in [-0.4, -0.2) is 14.9 Å². The highest BCUT2D eigenvalue weighted by molar-refractivity contribution is 5.30. The number of hydrogen-bond acceptors (Lipinski definition) is 2. The predicted molar refractivity (Wildman–Crippen MR) is 72.4 cm³/mol. The van der Waals surface area contributed by atoms with Crippen molar-refractivity contribution >= 4 is 0 Å². The normalized spacial score (nSPS) is 12.6. The van der Waals surface area contributed by atoms with Crippen LogP contribution >= 0.6 is 0 Å². The quantitative estimate of drug-likeness (QED) is 0.878. The maximum atomic E-state index is 10.3. The fourth-order valence-electron chi connectivity index (χ4n) is 2.05. The molecule has 0 saturated carbocycles. The molecule has 0 aliphatic heterocycles. The van der Waals surface area contributed by atoms with Gasteiger partial charge in [-0.25, -0.2) is 0 Å². The zero-order valence-corrected chi connectivity index (χ0v) is 11.0. The molecule has 2 aromatic rings. The van der Waals surface area contributed by atoms with Gasteiger partial charge in [-0.1, -0.05) is 38.1 Å². The third kappa shape index (κ3) is 2.79. The highest BCUT2D eigenvalue weighted by Crippen LogP contribution is 2.22. The molecule has 0 amide bonds. The van der Waals surface area contributed by atoms with E-state index in [1.54, 1.807) is 6.20 Å². The Labute approximate surface area is 108 Å². The summed E-state index contributed by atoms with van der Waals surface area (Å²) in [7, 11) is 0. The summed E-state index contributed by atoms with van der Waals surface area (Å²) < 4.78 is 1.88. The SMILES string of the molecule is CCCn1cc(C(O)c2cccc(CC)c2)cn1. The minimum atomic E-state index is -0.581. The van der Waals surface area contributed by atoms with Crippen LogP contribution in [0.5, 0.6) is 0 Å². The van der Waals surface area contributed by atoms with Gasteiger partial charge in [0.2, 0.25) is 0 Å². The molecule has 1 aromatic heterocycles. The molecule has 1 N–H and O–H groups in total. The molecule has 0 saturated heterocycles. The first-order chi connectivity index (χ1) is 8.74. The van der Waals surface area contributed by atoms with Gasteiger partial charge in [-0.05, 0) is 24.0 Å². The summed E-state index contributed by atoms with van der Waals surface area (Å²) in [6, 6.07) is 8.09. The van der Waals surface area contributed by atoms with Gasteiger partial charge in [-0.2, -0.15) is 5.10 Å². The molecule has 3 heteroatoms. The van der Waals surface area contributed by atoms with Gasteiger partial charge in [-0.15, -0.1) is 0 Å². The largest absolute Gasteiger partial charge is 0.384 e. The van der Waals surface area contributed by atoms with Gasteiger partial charge < -0.3 is 5.11 Å². The minimum Gasteiger partial charge on any atom is -0.384 e. The van der Waals surface area contributed by atoms with Crippen LogP contribution in [0, 0.1) is 0 Å². The first-order valence-corrected chi connectivity index (χ1v) is 6.53. The highest BCUT2D eigenvalue weighted by Gasteiger charge is 2.12. The Morgan fingerprint density at radius 3 is 2.83 bits per heavy atom. The zero-order valence-electron chi connectivity index (χ0n) is 11.0. The van der Waals surface area contributed by atoms with Crippen molar-refractivity contribution < 1.29 is 5.11 Å². The van der Waals surface area contributed by atoms with Crippen LogP contribution in [0.25, 0.3) is 0 Å². The summed E-state index contributed by atoms with van der Waals surface area (Å²) in [6.07, 6.45) is 5.12. The molecule has 0 radical (unpaired) electrons. The minimum absolute atomic E-state index is 0.581. The van der Waals surface area contributed by atoms with E-state index in [1.807, 2.05) is 23.0 Å². The van der Waals surface area contributed by atoms with Gasteiger partial charge in [0.1, 0.15) is 6.10 Å². The molecule has 1 aromatic carbocycles. The second-order valence-electron chi connectivity index (χ2n) is 4.54. The molecule has 1 unspecified atom stereocenters. The third-order valence-electron chi connectivity index (χ3n) is 3.10.